The average molecular weight is 290 g/mol. The van der Waals surface area contributed by atoms with Gasteiger partial charge in [0.1, 0.15) is 5.75 Å². The van der Waals surface area contributed by atoms with E-state index < -0.39 is 0 Å². The predicted octanol–water partition coefficient (Wildman–Crippen LogP) is 4.07. The summed E-state index contributed by atoms with van der Waals surface area (Å²) >= 11 is 6.13. The lowest BCUT2D eigenvalue weighted by molar-refractivity contribution is 0.301. The Morgan fingerprint density at radius 2 is 1.70 bits per heavy atom. The predicted molar refractivity (Wildman–Crippen MR) is 84.3 cm³/mol. The van der Waals surface area contributed by atoms with Gasteiger partial charge < -0.3 is 10.5 Å². The second kappa shape index (κ2) is 7.93. The Hall–Kier alpha value is -1.51. The van der Waals surface area contributed by atoms with E-state index >= 15 is 0 Å². The second-order valence-corrected chi connectivity index (χ2v) is 5.27. The molecule has 106 valence electrons. The zero-order valence-electron chi connectivity index (χ0n) is 11.5. The SMILES string of the molecule is NC(CCCOc1ccccc1)Cc1ccccc1Cl. The molecule has 0 aromatic heterocycles. The third-order valence-electron chi connectivity index (χ3n) is 3.17. The monoisotopic (exact) mass is 289 g/mol. The van der Waals surface area contributed by atoms with Crippen LogP contribution in [-0.2, 0) is 6.42 Å². The van der Waals surface area contributed by atoms with Crippen molar-refractivity contribution in [2.24, 2.45) is 5.73 Å². The molecule has 3 heteroatoms. The summed E-state index contributed by atoms with van der Waals surface area (Å²) in [4.78, 5) is 0. The van der Waals surface area contributed by atoms with Gasteiger partial charge in [0.05, 0.1) is 6.61 Å². The van der Waals surface area contributed by atoms with Crippen LogP contribution in [-0.4, -0.2) is 12.6 Å². The van der Waals surface area contributed by atoms with Crippen LogP contribution in [0.15, 0.2) is 54.6 Å². The van der Waals surface area contributed by atoms with Gasteiger partial charge in [-0.3, -0.25) is 0 Å². The van der Waals surface area contributed by atoms with Crippen LogP contribution >= 0.6 is 11.6 Å². The largest absolute Gasteiger partial charge is 0.494 e. The molecule has 0 aliphatic rings. The topological polar surface area (TPSA) is 35.2 Å². The van der Waals surface area contributed by atoms with E-state index in [0.29, 0.717) is 6.61 Å². The van der Waals surface area contributed by atoms with Crippen molar-refractivity contribution in [3.63, 3.8) is 0 Å². The number of para-hydroxylation sites is 1. The summed E-state index contributed by atoms with van der Waals surface area (Å²) in [5, 5.41) is 0.795. The molecule has 1 atom stereocenters. The van der Waals surface area contributed by atoms with Gasteiger partial charge in [0.2, 0.25) is 0 Å². The van der Waals surface area contributed by atoms with Gasteiger partial charge in [-0.15, -0.1) is 0 Å². The summed E-state index contributed by atoms with van der Waals surface area (Å²) < 4.78 is 5.65. The van der Waals surface area contributed by atoms with Crippen LogP contribution in [0.4, 0.5) is 0 Å². The van der Waals surface area contributed by atoms with E-state index in [1.54, 1.807) is 0 Å². The normalized spacial score (nSPS) is 12.1. The number of ether oxygens (including phenoxy) is 1. The van der Waals surface area contributed by atoms with Gasteiger partial charge in [0, 0.05) is 11.1 Å². The highest BCUT2D eigenvalue weighted by atomic mass is 35.5. The second-order valence-electron chi connectivity index (χ2n) is 4.86. The highest BCUT2D eigenvalue weighted by Crippen LogP contribution is 2.17. The average Bonchev–Trinajstić information content (AvgIpc) is 2.47. The molecule has 2 aromatic carbocycles. The fourth-order valence-corrected chi connectivity index (χ4v) is 2.31. The molecule has 0 aliphatic carbocycles. The zero-order valence-corrected chi connectivity index (χ0v) is 12.2. The molecular formula is C17H20ClNO. The molecule has 0 amide bonds. The molecule has 0 heterocycles. The van der Waals surface area contributed by atoms with Crippen LogP contribution in [0.3, 0.4) is 0 Å². The van der Waals surface area contributed by atoms with Crippen LogP contribution in [0.25, 0.3) is 0 Å². The number of hydrogen-bond donors (Lipinski definition) is 1. The van der Waals surface area contributed by atoms with E-state index in [0.717, 1.165) is 35.6 Å². The van der Waals surface area contributed by atoms with E-state index in [2.05, 4.69) is 0 Å². The Labute approximate surface area is 125 Å². The van der Waals surface area contributed by atoms with Gasteiger partial charge in [0.25, 0.3) is 0 Å². The van der Waals surface area contributed by atoms with Crippen molar-refractivity contribution in [3.05, 3.63) is 65.2 Å². The van der Waals surface area contributed by atoms with E-state index in [1.165, 1.54) is 0 Å². The van der Waals surface area contributed by atoms with Gasteiger partial charge in [-0.25, -0.2) is 0 Å². The van der Waals surface area contributed by atoms with Crippen LogP contribution in [0, 0.1) is 0 Å². The van der Waals surface area contributed by atoms with Gasteiger partial charge in [-0.2, -0.15) is 0 Å². The molecule has 20 heavy (non-hydrogen) atoms. The van der Waals surface area contributed by atoms with Crippen molar-refractivity contribution in [1.29, 1.82) is 0 Å². The number of hydrogen-bond acceptors (Lipinski definition) is 2. The first-order chi connectivity index (χ1) is 9.75. The number of halogens is 1. The highest BCUT2D eigenvalue weighted by molar-refractivity contribution is 6.31. The number of nitrogens with two attached hydrogens (primary N) is 1. The van der Waals surface area contributed by atoms with Gasteiger partial charge in [-0.05, 0) is 43.0 Å². The Morgan fingerprint density at radius 1 is 1.00 bits per heavy atom. The van der Waals surface area contributed by atoms with E-state index in [1.807, 2.05) is 54.6 Å². The Kier molecular flexibility index (Phi) is 5.90. The fraction of sp³-hybridized carbons (Fsp3) is 0.294. The van der Waals surface area contributed by atoms with Crippen LogP contribution in [0.1, 0.15) is 18.4 Å². The molecular weight excluding hydrogens is 270 g/mol. The van der Waals surface area contributed by atoms with Gasteiger partial charge >= 0.3 is 0 Å². The van der Waals surface area contributed by atoms with Gasteiger partial charge in [-0.1, -0.05) is 48.0 Å². The molecule has 0 saturated heterocycles. The molecule has 2 N–H and O–H groups in total. The molecule has 2 nitrogen and oxygen atoms in total. The van der Waals surface area contributed by atoms with Crippen molar-refractivity contribution in [2.45, 2.75) is 25.3 Å². The summed E-state index contributed by atoms with van der Waals surface area (Å²) in [6.45, 7) is 0.695. The van der Waals surface area contributed by atoms with Crippen molar-refractivity contribution in [3.8, 4) is 5.75 Å². The Morgan fingerprint density at radius 3 is 2.45 bits per heavy atom. The minimum absolute atomic E-state index is 0.120. The Balaban J connectivity index is 1.68. The smallest absolute Gasteiger partial charge is 0.119 e. The lowest BCUT2D eigenvalue weighted by atomic mass is 10.0. The lowest BCUT2D eigenvalue weighted by Gasteiger charge is -2.13. The third-order valence-corrected chi connectivity index (χ3v) is 3.54. The highest BCUT2D eigenvalue weighted by Gasteiger charge is 2.06. The molecule has 1 unspecified atom stereocenters. The molecule has 0 radical (unpaired) electrons. The van der Waals surface area contributed by atoms with Crippen molar-refractivity contribution >= 4 is 11.6 Å². The molecule has 2 rings (SSSR count). The molecule has 0 fully saturated rings. The zero-order chi connectivity index (χ0) is 14.2. The van der Waals surface area contributed by atoms with Crippen LogP contribution in [0.2, 0.25) is 5.02 Å². The summed E-state index contributed by atoms with van der Waals surface area (Å²) in [6, 6.07) is 17.8. The maximum absolute atomic E-state index is 6.14. The molecule has 0 saturated carbocycles. The van der Waals surface area contributed by atoms with E-state index in [-0.39, 0.29) is 6.04 Å². The van der Waals surface area contributed by atoms with E-state index in [9.17, 15) is 0 Å². The van der Waals surface area contributed by atoms with Crippen molar-refractivity contribution in [2.75, 3.05) is 6.61 Å². The Bertz CT molecular complexity index is 515. The minimum Gasteiger partial charge on any atom is -0.494 e. The first-order valence-electron chi connectivity index (χ1n) is 6.92. The summed E-state index contributed by atoms with van der Waals surface area (Å²) in [5.41, 5.74) is 7.26. The quantitative estimate of drug-likeness (QED) is 0.780. The standard InChI is InChI=1S/C17H20ClNO/c18-17-11-5-4-7-14(17)13-15(19)8-6-12-20-16-9-2-1-3-10-16/h1-5,7,9-11,15H,6,8,12-13,19H2. The van der Waals surface area contributed by atoms with Crippen molar-refractivity contribution < 1.29 is 4.74 Å². The molecule has 0 aliphatic heterocycles. The summed E-state index contributed by atoms with van der Waals surface area (Å²) in [5.74, 6) is 0.909. The lowest BCUT2D eigenvalue weighted by Crippen LogP contribution is -2.23. The van der Waals surface area contributed by atoms with Crippen LogP contribution in [0.5, 0.6) is 5.75 Å². The summed E-state index contributed by atoms with van der Waals surface area (Å²) in [7, 11) is 0. The maximum Gasteiger partial charge on any atom is 0.119 e. The van der Waals surface area contributed by atoms with Crippen molar-refractivity contribution in [1.82, 2.24) is 0 Å². The third kappa shape index (κ3) is 4.87. The number of benzene rings is 2. The number of rotatable bonds is 7. The van der Waals surface area contributed by atoms with Gasteiger partial charge in [0.15, 0.2) is 0 Å². The molecule has 0 bridgehead atoms. The maximum atomic E-state index is 6.14. The molecule has 2 aromatic rings. The first kappa shape index (κ1) is 14.9. The molecule has 0 spiro atoms. The first-order valence-corrected chi connectivity index (χ1v) is 7.30. The fourth-order valence-electron chi connectivity index (χ4n) is 2.10. The minimum atomic E-state index is 0.120. The van der Waals surface area contributed by atoms with Crippen LogP contribution < -0.4 is 10.5 Å². The summed E-state index contributed by atoms with van der Waals surface area (Å²) in [6.07, 6.45) is 2.68. The van der Waals surface area contributed by atoms with E-state index in [4.69, 9.17) is 22.1 Å².